The van der Waals surface area contributed by atoms with Gasteiger partial charge in [-0.25, -0.2) is 0 Å². The lowest BCUT2D eigenvalue weighted by molar-refractivity contribution is -0.121. The van der Waals surface area contributed by atoms with Gasteiger partial charge in [0.1, 0.15) is 11.5 Å². The van der Waals surface area contributed by atoms with E-state index in [0.29, 0.717) is 11.3 Å². The van der Waals surface area contributed by atoms with Crippen molar-refractivity contribution in [1.82, 2.24) is 4.90 Å². The van der Waals surface area contributed by atoms with E-state index in [0.717, 1.165) is 36.4 Å². The highest BCUT2D eigenvalue weighted by Crippen LogP contribution is 2.39. The van der Waals surface area contributed by atoms with E-state index in [1.807, 2.05) is 25.1 Å². The monoisotopic (exact) mass is 396 g/mol. The van der Waals surface area contributed by atoms with Crippen molar-refractivity contribution in [3.63, 3.8) is 0 Å². The minimum atomic E-state index is -0.324. The Bertz CT molecular complexity index is 896. The van der Waals surface area contributed by atoms with Gasteiger partial charge in [0.2, 0.25) is 5.91 Å². The van der Waals surface area contributed by atoms with Gasteiger partial charge in [-0.1, -0.05) is 18.2 Å². The first-order valence-electron chi connectivity index (χ1n) is 9.84. The minimum absolute atomic E-state index is 0.0274. The molecule has 6 nitrogen and oxygen atoms in total. The average molecular weight is 396 g/mol. The molecule has 0 spiro atoms. The van der Waals surface area contributed by atoms with Crippen LogP contribution in [0.15, 0.2) is 42.5 Å². The third kappa shape index (κ3) is 4.59. The lowest BCUT2D eigenvalue weighted by Gasteiger charge is -2.31. The van der Waals surface area contributed by atoms with Crippen LogP contribution in [-0.2, 0) is 4.79 Å². The molecule has 1 amide bonds. The van der Waals surface area contributed by atoms with E-state index in [1.165, 1.54) is 6.92 Å². The van der Waals surface area contributed by atoms with Crippen LogP contribution in [-0.4, -0.2) is 43.4 Å². The fraction of sp³-hybridized carbons (Fsp3) is 0.391. The first-order chi connectivity index (χ1) is 13.9. The van der Waals surface area contributed by atoms with Crippen molar-refractivity contribution >= 4 is 17.4 Å². The SMILES string of the molecule is COc1ccc([C@H]2CCCN2[C@@H](C)C(=O)Nc2cccc(C(C)=O)c2)c(OC)c1. The molecule has 0 aromatic heterocycles. The number of amides is 1. The van der Waals surface area contributed by atoms with Crippen molar-refractivity contribution in [2.75, 3.05) is 26.1 Å². The molecule has 6 heteroatoms. The summed E-state index contributed by atoms with van der Waals surface area (Å²) in [5.41, 5.74) is 2.27. The molecule has 1 heterocycles. The lowest BCUT2D eigenvalue weighted by Crippen LogP contribution is -2.41. The van der Waals surface area contributed by atoms with Crippen molar-refractivity contribution in [3.8, 4) is 11.5 Å². The number of nitrogens with zero attached hydrogens (tertiary/aromatic N) is 1. The molecular formula is C23H28N2O4. The number of benzene rings is 2. The molecule has 0 saturated carbocycles. The molecule has 0 bridgehead atoms. The van der Waals surface area contributed by atoms with Crippen LogP contribution in [0.5, 0.6) is 11.5 Å². The summed E-state index contributed by atoms with van der Waals surface area (Å²) in [5, 5.41) is 2.95. The van der Waals surface area contributed by atoms with Gasteiger partial charge in [-0.05, 0) is 51.4 Å². The van der Waals surface area contributed by atoms with Gasteiger partial charge in [0.15, 0.2) is 5.78 Å². The fourth-order valence-corrected chi connectivity index (χ4v) is 3.89. The van der Waals surface area contributed by atoms with Crippen LogP contribution >= 0.6 is 0 Å². The maximum atomic E-state index is 12.9. The number of ketones is 1. The number of likely N-dealkylation sites (tertiary alicyclic amines) is 1. The van der Waals surface area contributed by atoms with Crippen LogP contribution in [0.1, 0.15) is 48.7 Å². The Labute approximate surface area is 171 Å². The number of carbonyl (C=O) groups is 2. The number of hydrogen-bond donors (Lipinski definition) is 1. The highest BCUT2D eigenvalue weighted by atomic mass is 16.5. The highest BCUT2D eigenvalue weighted by molar-refractivity contribution is 5.98. The largest absolute Gasteiger partial charge is 0.497 e. The van der Waals surface area contributed by atoms with Crippen LogP contribution < -0.4 is 14.8 Å². The molecule has 1 N–H and O–H groups in total. The zero-order valence-electron chi connectivity index (χ0n) is 17.4. The molecule has 1 aliphatic rings. The van der Waals surface area contributed by atoms with Crippen molar-refractivity contribution in [1.29, 1.82) is 0 Å². The number of ether oxygens (including phenoxy) is 2. The summed E-state index contributed by atoms with van der Waals surface area (Å²) in [6.07, 6.45) is 1.97. The molecule has 0 aliphatic carbocycles. The van der Waals surface area contributed by atoms with Gasteiger partial charge in [0.25, 0.3) is 0 Å². The highest BCUT2D eigenvalue weighted by Gasteiger charge is 2.34. The smallest absolute Gasteiger partial charge is 0.241 e. The molecule has 1 aliphatic heterocycles. The van der Waals surface area contributed by atoms with E-state index in [-0.39, 0.29) is 23.8 Å². The Kier molecular flexibility index (Phi) is 6.54. The van der Waals surface area contributed by atoms with Crippen LogP contribution in [0, 0.1) is 0 Å². The summed E-state index contributed by atoms with van der Waals surface area (Å²) in [7, 11) is 3.28. The van der Waals surface area contributed by atoms with Crippen LogP contribution in [0.2, 0.25) is 0 Å². The normalized spacial score (nSPS) is 17.6. The number of carbonyl (C=O) groups excluding carboxylic acids is 2. The van der Waals surface area contributed by atoms with Crippen LogP contribution in [0.25, 0.3) is 0 Å². The Morgan fingerprint density at radius 3 is 2.62 bits per heavy atom. The molecule has 0 radical (unpaired) electrons. The maximum absolute atomic E-state index is 12.9. The van der Waals surface area contributed by atoms with E-state index in [1.54, 1.807) is 38.5 Å². The molecule has 1 saturated heterocycles. The first kappa shape index (κ1) is 20.9. The molecule has 0 unspecified atom stereocenters. The predicted octanol–water partition coefficient (Wildman–Crippen LogP) is 4.07. The minimum Gasteiger partial charge on any atom is -0.497 e. The Hall–Kier alpha value is -2.86. The molecule has 2 aromatic rings. The van der Waals surface area contributed by atoms with Gasteiger partial charge in [0, 0.05) is 28.9 Å². The molecule has 3 rings (SSSR count). The summed E-state index contributed by atoms with van der Waals surface area (Å²) in [4.78, 5) is 26.7. The van der Waals surface area contributed by atoms with E-state index >= 15 is 0 Å². The Morgan fingerprint density at radius 1 is 1.14 bits per heavy atom. The van der Waals surface area contributed by atoms with E-state index in [4.69, 9.17) is 9.47 Å². The van der Waals surface area contributed by atoms with Crippen LogP contribution in [0.4, 0.5) is 5.69 Å². The number of nitrogens with one attached hydrogen (secondary N) is 1. The van der Waals surface area contributed by atoms with Crippen LogP contribution in [0.3, 0.4) is 0 Å². The first-order valence-corrected chi connectivity index (χ1v) is 9.84. The van der Waals surface area contributed by atoms with Crippen molar-refractivity contribution in [2.45, 2.75) is 38.8 Å². The van der Waals surface area contributed by atoms with Gasteiger partial charge >= 0.3 is 0 Å². The molecule has 2 aromatic carbocycles. The van der Waals surface area contributed by atoms with Crippen molar-refractivity contribution in [3.05, 3.63) is 53.6 Å². The quantitative estimate of drug-likeness (QED) is 0.715. The molecule has 154 valence electrons. The second-order valence-corrected chi connectivity index (χ2v) is 7.31. The van der Waals surface area contributed by atoms with E-state index in [9.17, 15) is 9.59 Å². The van der Waals surface area contributed by atoms with E-state index in [2.05, 4.69) is 10.2 Å². The van der Waals surface area contributed by atoms with Crippen molar-refractivity contribution in [2.24, 2.45) is 0 Å². The molecule has 29 heavy (non-hydrogen) atoms. The number of hydrogen-bond acceptors (Lipinski definition) is 5. The number of Topliss-reactive ketones (excluding diaryl/α,β-unsaturated/α-hetero) is 1. The maximum Gasteiger partial charge on any atom is 0.241 e. The summed E-state index contributed by atoms with van der Waals surface area (Å²) >= 11 is 0. The summed E-state index contributed by atoms with van der Waals surface area (Å²) in [6.45, 7) is 4.26. The molecule has 2 atom stereocenters. The summed E-state index contributed by atoms with van der Waals surface area (Å²) in [6, 6.07) is 12.6. The second kappa shape index (κ2) is 9.09. The number of rotatable bonds is 7. The number of anilines is 1. The van der Waals surface area contributed by atoms with Gasteiger partial charge in [-0.2, -0.15) is 0 Å². The summed E-state index contributed by atoms with van der Waals surface area (Å²) < 4.78 is 10.9. The zero-order valence-corrected chi connectivity index (χ0v) is 17.4. The van der Waals surface area contributed by atoms with Crippen molar-refractivity contribution < 1.29 is 19.1 Å². The van der Waals surface area contributed by atoms with Gasteiger partial charge in [-0.15, -0.1) is 0 Å². The third-order valence-corrected chi connectivity index (χ3v) is 5.51. The predicted molar refractivity (Wildman–Crippen MR) is 113 cm³/mol. The van der Waals surface area contributed by atoms with E-state index < -0.39 is 0 Å². The standard InChI is InChI=1S/C23H28N2O4/c1-15(23(27)24-18-8-5-7-17(13-18)16(2)26)25-12-6-9-21(25)20-11-10-19(28-3)14-22(20)29-4/h5,7-8,10-11,13-15,21H,6,9,12H2,1-4H3,(H,24,27)/t15-,21+/m0/s1. The number of methoxy groups -OCH3 is 2. The summed E-state index contributed by atoms with van der Waals surface area (Å²) in [5.74, 6) is 1.39. The van der Waals surface area contributed by atoms with Gasteiger partial charge in [-0.3, -0.25) is 14.5 Å². The Morgan fingerprint density at radius 2 is 1.93 bits per heavy atom. The second-order valence-electron chi connectivity index (χ2n) is 7.31. The molecule has 1 fully saturated rings. The topological polar surface area (TPSA) is 67.9 Å². The van der Waals surface area contributed by atoms with Gasteiger partial charge < -0.3 is 14.8 Å². The zero-order chi connectivity index (χ0) is 21.0. The lowest BCUT2D eigenvalue weighted by atomic mass is 10.0. The fourth-order valence-electron chi connectivity index (χ4n) is 3.89. The third-order valence-electron chi connectivity index (χ3n) is 5.51. The molecular weight excluding hydrogens is 368 g/mol. The van der Waals surface area contributed by atoms with Gasteiger partial charge in [0.05, 0.1) is 20.3 Å². The Balaban J connectivity index is 1.78. The average Bonchev–Trinajstić information content (AvgIpc) is 3.22.